The van der Waals surface area contributed by atoms with Gasteiger partial charge in [0.25, 0.3) is 11.5 Å². The van der Waals surface area contributed by atoms with Gasteiger partial charge in [-0.2, -0.15) is 10.4 Å². The number of nitriles is 1. The normalized spacial score (nSPS) is 9.50. The van der Waals surface area contributed by atoms with Gasteiger partial charge in [0.1, 0.15) is 11.8 Å². The number of anilines is 1. The molecule has 0 radical (unpaired) electrons. The lowest BCUT2D eigenvalue weighted by atomic mass is 10.2. The van der Waals surface area contributed by atoms with Crippen molar-refractivity contribution in [3.8, 4) is 6.07 Å². The first-order valence-electron chi connectivity index (χ1n) is 4.92. The molecule has 0 aliphatic heterocycles. The number of aromatic nitrogens is 3. The predicted molar refractivity (Wildman–Crippen MR) is 61.8 cm³/mol. The van der Waals surface area contributed by atoms with E-state index < -0.39 is 5.91 Å². The molecule has 0 aliphatic rings. The lowest BCUT2D eigenvalue weighted by Gasteiger charge is -2.02. The first kappa shape index (κ1) is 11.5. The van der Waals surface area contributed by atoms with E-state index in [4.69, 9.17) is 5.26 Å². The molecule has 0 bridgehead atoms. The first-order chi connectivity index (χ1) is 8.69. The number of pyridine rings is 1. The Labute approximate surface area is 101 Å². The second kappa shape index (κ2) is 4.88. The average molecular weight is 241 g/mol. The maximum Gasteiger partial charge on any atom is 0.275 e. The lowest BCUT2D eigenvalue weighted by Crippen LogP contribution is -2.16. The van der Waals surface area contributed by atoms with Crippen LogP contribution in [-0.2, 0) is 0 Å². The van der Waals surface area contributed by atoms with Crippen LogP contribution in [-0.4, -0.2) is 21.1 Å². The van der Waals surface area contributed by atoms with Crippen LogP contribution in [0.4, 0.5) is 5.82 Å². The molecule has 18 heavy (non-hydrogen) atoms. The van der Waals surface area contributed by atoms with Crippen LogP contribution in [0.15, 0.2) is 35.3 Å². The Balaban J connectivity index is 2.14. The molecule has 7 heteroatoms. The molecule has 0 aliphatic carbocycles. The van der Waals surface area contributed by atoms with Gasteiger partial charge in [0.2, 0.25) is 0 Å². The van der Waals surface area contributed by atoms with Crippen LogP contribution in [0.2, 0.25) is 0 Å². The minimum Gasteiger partial charge on any atom is -0.304 e. The molecule has 0 saturated carbocycles. The van der Waals surface area contributed by atoms with Crippen molar-refractivity contribution in [1.29, 1.82) is 5.26 Å². The number of aromatic amines is 1. The Morgan fingerprint density at radius 1 is 1.33 bits per heavy atom. The third-order valence-electron chi connectivity index (χ3n) is 2.05. The SMILES string of the molecule is N#Cc1ccc(C(=O)Nc2ccc(=O)[nH]n2)nc1. The number of amides is 1. The topological polar surface area (TPSA) is 112 Å². The van der Waals surface area contributed by atoms with Gasteiger partial charge in [-0.25, -0.2) is 10.1 Å². The molecule has 0 aromatic carbocycles. The number of rotatable bonds is 2. The summed E-state index contributed by atoms with van der Waals surface area (Å²) in [5, 5.41) is 16.9. The summed E-state index contributed by atoms with van der Waals surface area (Å²) in [4.78, 5) is 26.3. The number of hydrogen-bond acceptors (Lipinski definition) is 5. The van der Waals surface area contributed by atoms with E-state index in [0.29, 0.717) is 5.56 Å². The molecule has 2 heterocycles. The van der Waals surface area contributed by atoms with Crippen LogP contribution in [0.25, 0.3) is 0 Å². The summed E-state index contributed by atoms with van der Waals surface area (Å²) in [5.41, 5.74) is 0.167. The van der Waals surface area contributed by atoms with E-state index in [0.717, 1.165) is 0 Å². The number of nitrogens with one attached hydrogen (secondary N) is 2. The highest BCUT2D eigenvalue weighted by Crippen LogP contribution is 2.03. The van der Waals surface area contributed by atoms with Crippen molar-refractivity contribution in [3.63, 3.8) is 0 Å². The zero-order chi connectivity index (χ0) is 13.0. The fourth-order valence-electron chi connectivity index (χ4n) is 1.19. The minimum absolute atomic E-state index is 0.155. The maximum atomic E-state index is 11.7. The molecule has 0 atom stereocenters. The second-order valence-electron chi connectivity index (χ2n) is 3.30. The van der Waals surface area contributed by atoms with E-state index in [-0.39, 0.29) is 17.1 Å². The molecular weight excluding hydrogens is 234 g/mol. The van der Waals surface area contributed by atoms with Crippen molar-refractivity contribution in [3.05, 3.63) is 52.1 Å². The fraction of sp³-hybridized carbons (Fsp3) is 0. The number of H-pyrrole nitrogens is 1. The quantitative estimate of drug-likeness (QED) is 0.784. The van der Waals surface area contributed by atoms with E-state index in [1.807, 2.05) is 6.07 Å². The van der Waals surface area contributed by atoms with Gasteiger partial charge in [0, 0.05) is 12.3 Å². The Hall–Kier alpha value is -3.01. The Bertz CT molecular complexity index is 649. The average Bonchev–Trinajstić information content (AvgIpc) is 2.41. The number of nitrogens with zero attached hydrogens (tertiary/aromatic N) is 3. The second-order valence-corrected chi connectivity index (χ2v) is 3.30. The van der Waals surface area contributed by atoms with Gasteiger partial charge in [0.15, 0.2) is 5.82 Å². The van der Waals surface area contributed by atoms with Gasteiger partial charge in [-0.05, 0) is 18.2 Å². The standard InChI is InChI=1S/C11H7N5O2/c12-5-7-1-2-8(13-6-7)11(18)14-9-3-4-10(17)16-15-9/h1-4,6H,(H,16,17)(H,14,15,18). The number of carbonyl (C=O) groups is 1. The van der Waals surface area contributed by atoms with Crippen LogP contribution < -0.4 is 10.9 Å². The first-order valence-corrected chi connectivity index (χ1v) is 4.92. The van der Waals surface area contributed by atoms with Crippen LogP contribution >= 0.6 is 0 Å². The van der Waals surface area contributed by atoms with Crippen LogP contribution in [0.3, 0.4) is 0 Å². The largest absolute Gasteiger partial charge is 0.304 e. The summed E-state index contributed by atoms with van der Waals surface area (Å²) in [6.07, 6.45) is 1.30. The summed E-state index contributed by atoms with van der Waals surface area (Å²) >= 11 is 0. The summed E-state index contributed by atoms with van der Waals surface area (Å²) in [6.45, 7) is 0. The molecule has 88 valence electrons. The van der Waals surface area contributed by atoms with Crippen molar-refractivity contribution in [2.24, 2.45) is 0 Å². The Morgan fingerprint density at radius 3 is 2.72 bits per heavy atom. The van der Waals surface area contributed by atoms with Crippen LogP contribution in [0.1, 0.15) is 16.1 Å². The van der Waals surface area contributed by atoms with Crippen molar-refractivity contribution in [2.45, 2.75) is 0 Å². The molecule has 2 aromatic heterocycles. The summed E-state index contributed by atoms with van der Waals surface area (Å²) in [5.74, 6) is -0.259. The van der Waals surface area contributed by atoms with Gasteiger partial charge in [-0.3, -0.25) is 9.59 Å². The molecular formula is C11H7N5O2. The van der Waals surface area contributed by atoms with Gasteiger partial charge in [-0.15, -0.1) is 0 Å². The molecule has 0 fully saturated rings. The molecule has 0 saturated heterocycles. The number of carbonyl (C=O) groups excluding carboxylic acids is 1. The highest BCUT2D eigenvalue weighted by Gasteiger charge is 2.08. The van der Waals surface area contributed by atoms with E-state index in [1.165, 1.54) is 30.5 Å². The predicted octanol–water partition coefficient (Wildman–Crippen LogP) is 0.289. The monoisotopic (exact) mass is 241 g/mol. The fourth-order valence-corrected chi connectivity index (χ4v) is 1.19. The molecule has 1 amide bonds. The summed E-state index contributed by atoms with van der Waals surface area (Å²) in [7, 11) is 0. The molecule has 7 nitrogen and oxygen atoms in total. The zero-order valence-corrected chi connectivity index (χ0v) is 9.04. The van der Waals surface area contributed by atoms with Gasteiger partial charge < -0.3 is 5.32 Å². The lowest BCUT2D eigenvalue weighted by molar-refractivity contribution is 0.102. The van der Waals surface area contributed by atoms with Crippen LogP contribution in [0, 0.1) is 11.3 Å². The smallest absolute Gasteiger partial charge is 0.275 e. The van der Waals surface area contributed by atoms with Crippen LogP contribution in [0.5, 0.6) is 0 Å². The van der Waals surface area contributed by atoms with Gasteiger partial charge in [0.05, 0.1) is 5.56 Å². The van der Waals surface area contributed by atoms with Crippen molar-refractivity contribution < 1.29 is 4.79 Å². The maximum absolute atomic E-state index is 11.7. The molecule has 0 spiro atoms. The van der Waals surface area contributed by atoms with E-state index in [9.17, 15) is 9.59 Å². The molecule has 2 rings (SSSR count). The highest BCUT2D eigenvalue weighted by molar-refractivity contribution is 6.02. The van der Waals surface area contributed by atoms with Gasteiger partial charge in [-0.1, -0.05) is 0 Å². The third-order valence-corrected chi connectivity index (χ3v) is 2.05. The van der Waals surface area contributed by atoms with Crippen molar-refractivity contribution in [1.82, 2.24) is 15.2 Å². The zero-order valence-electron chi connectivity index (χ0n) is 9.04. The van der Waals surface area contributed by atoms with E-state index >= 15 is 0 Å². The molecule has 2 N–H and O–H groups in total. The van der Waals surface area contributed by atoms with Crippen molar-refractivity contribution in [2.75, 3.05) is 5.32 Å². The van der Waals surface area contributed by atoms with E-state index in [2.05, 4.69) is 20.5 Å². The van der Waals surface area contributed by atoms with Gasteiger partial charge >= 0.3 is 0 Å². The highest BCUT2D eigenvalue weighted by atomic mass is 16.2. The molecule has 2 aromatic rings. The molecule has 0 unspecified atom stereocenters. The summed E-state index contributed by atoms with van der Waals surface area (Å²) < 4.78 is 0. The Morgan fingerprint density at radius 2 is 2.17 bits per heavy atom. The van der Waals surface area contributed by atoms with Crippen molar-refractivity contribution >= 4 is 11.7 Å². The Kier molecular flexibility index (Phi) is 3.11. The number of hydrogen-bond donors (Lipinski definition) is 2. The van der Waals surface area contributed by atoms with E-state index in [1.54, 1.807) is 0 Å². The minimum atomic E-state index is -0.473. The third kappa shape index (κ3) is 2.56. The summed E-state index contributed by atoms with van der Waals surface area (Å²) in [6, 6.07) is 7.44.